The van der Waals surface area contributed by atoms with Crippen molar-refractivity contribution in [3.63, 3.8) is 0 Å². The number of carbonyl (C=O) groups is 3. The molecule has 3 aromatic rings. The molecule has 0 spiro atoms. The van der Waals surface area contributed by atoms with E-state index >= 15 is 0 Å². The van der Waals surface area contributed by atoms with E-state index in [4.69, 9.17) is 9.15 Å². The van der Waals surface area contributed by atoms with Crippen LogP contribution in [-0.2, 0) is 22.6 Å². The van der Waals surface area contributed by atoms with Crippen LogP contribution in [0.25, 0.3) is 0 Å². The number of hydrogen-bond acceptors (Lipinski definition) is 7. The number of benzene rings is 2. The third-order valence-corrected chi connectivity index (χ3v) is 6.07. The normalized spacial score (nSPS) is 11.5. The summed E-state index contributed by atoms with van der Waals surface area (Å²) in [5.74, 6) is -0.589. The van der Waals surface area contributed by atoms with Crippen LogP contribution in [0.5, 0.6) is 0 Å². The monoisotopic (exact) mass is 536 g/mol. The van der Waals surface area contributed by atoms with Gasteiger partial charge >= 0.3 is 6.09 Å². The summed E-state index contributed by atoms with van der Waals surface area (Å²) < 4.78 is 10.5. The lowest BCUT2D eigenvalue weighted by atomic mass is 10.1. The topological polar surface area (TPSA) is 134 Å². The largest absolute Gasteiger partial charge is 0.445 e. The van der Waals surface area contributed by atoms with Crippen LogP contribution in [-0.4, -0.2) is 59.6 Å². The molecule has 0 aliphatic heterocycles. The zero-order valence-corrected chi connectivity index (χ0v) is 22.4. The van der Waals surface area contributed by atoms with Gasteiger partial charge in [0.15, 0.2) is 5.69 Å². The molecule has 1 unspecified atom stereocenters. The standard InChI is InChI=1S/C29H36N4O6/c1-21-9-8-12-22(17-21)14-16-33(18-25(34)28-32-24(20-38-28)27(36)30-2)26(35)13-6-7-15-31-29(37)39-19-23-10-4-3-5-11-23/h3-5,8-12,17,20,25,34H,6-7,13-16,18-19H2,1-2H3,(H,30,36)(H,31,37). The third kappa shape index (κ3) is 9.90. The SMILES string of the molecule is CNC(=O)c1coc(C(O)CN(CCc2cccc(C)c2)C(=O)CCCCNC(=O)OCc2ccccc2)n1. The maximum Gasteiger partial charge on any atom is 0.407 e. The van der Waals surface area contributed by atoms with Crippen LogP contribution in [0, 0.1) is 6.92 Å². The lowest BCUT2D eigenvalue weighted by Gasteiger charge is -2.24. The number of aromatic nitrogens is 1. The molecule has 3 N–H and O–H groups in total. The molecule has 1 atom stereocenters. The first-order valence-corrected chi connectivity index (χ1v) is 13.0. The number of oxazole rings is 1. The van der Waals surface area contributed by atoms with Crippen molar-refractivity contribution >= 4 is 17.9 Å². The summed E-state index contributed by atoms with van der Waals surface area (Å²) in [4.78, 5) is 42.4. The van der Waals surface area contributed by atoms with Crippen LogP contribution in [0.15, 0.2) is 65.3 Å². The van der Waals surface area contributed by atoms with Crippen molar-refractivity contribution in [2.75, 3.05) is 26.7 Å². The van der Waals surface area contributed by atoms with Gasteiger partial charge in [-0.05, 0) is 37.3 Å². The van der Waals surface area contributed by atoms with Gasteiger partial charge in [-0.15, -0.1) is 0 Å². The summed E-state index contributed by atoms with van der Waals surface area (Å²) in [6.45, 7) is 2.95. The molecule has 3 rings (SSSR count). The van der Waals surface area contributed by atoms with Gasteiger partial charge in [-0.2, -0.15) is 0 Å². The fourth-order valence-electron chi connectivity index (χ4n) is 3.93. The Kier molecular flexibility index (Phi) is 11.5. The highest BCUT2D eigenvalue weighted by Gasteiger charge is 2.23. The van der Waals surface area contributed by atoms with E-state index in [0.29, 0.717) is 32.4 Å². The van der Waals surface area contributed by atoms with Gasteiger partial charge in [0.2, 0.25) is 11.8 Å². The van der Waals surface area contributed by atoms with Crippen molar-refractivity contribution in [1.29, 1.82) is 0 Å². The lowest BCUT2D eigenvalue weighted by molar-refractivity contribution is -0.133. The van der Waals surface area contributed by atoms with Gasteiger partial charge in [0.25, 0.3) is 5.91 Å². The Morgan fingerprint density at radius 2 is 1.85 bits per heavy atom. The molecule has 3 amide bonds. The van der Waals surface area contributed by atoms with E-state index in [1.54, 1.807) is 4.90 Å². The maximum atomic E-state index is 13.1. The number of aliphatic hydroxyl groups excluding tert-OH is 1. The predicted octanol–water partition coefficient (Wildman–Crippen LogP) is 3.54. The molecule has 39 heavy (non-hydrogen) atoms. The van der Waals surface area contributed by atoms with Crippen molar-refractivity contribution in [2.24, 2.45) is 0 Å². The fourth-order valence-corrected chi connectivity index (χ4v) is 3.93. The minimum atomic E-state index is -1.19. The number of unbranched alkanes of at least 4 members (excludes halogenated alkanes) is 1. The van der Waals surface area contributed by atoms with Crippen molar-refractivity contribution in [2.45, 2.75) is 45.3 Å². The molecule has 0 radical (unpaired) electrons. The lowest BCUT2D eigenvalue weighted by Crippen LogP contribution is -2.36. The Hall–Kier alpha value is -4.18. The van der Waals surface area contributed by atoms with Gasteiger partial charge in [0, 0.05) is 26.6 Å². The number of hydrogen-bond donors (Lipinski definition) is 3. The number of ether oxygens (including phenoxy) is 1. The number of aliphatic hydroxyl groups is 1. The molecule has 0 aliphatic carbocycles. The highest BCUT2D eigenvalue weighted by molar-refractivity contribution is 5.91. The van der Waals surface area contributed by atoms with Crippen LogP contribution >= 0.6 is 0 Å². The molecule has 2 aromatic carbocycles. The number of aryl methyl sites for hydroxylation is 1. The minimum absolute atomic E-state index is 0.0254. The summed E-state index contributed by atoms with van der Waals surface area (Å²) in [5.41, 5.74) is 3.17. The Morgan fingerprint density at radius 3 is 2.59 bits per heavy atom. The van der Waals surface area contributed by atoms with E-state index in [2.05, 4.69) is 21.7 Å². The second-order valence-corrected chi connectivity index (χ2v) is 9.19. The third-order valence-electron chi connectivity index (χ3n) is 6.07. The fraction of sp³-hybridized carbons (Fsp3) is 0.379. The molecule has 10 nitrogen and oxygen atoms in total. The average molecular weight is 537 g/mol. The molecule has 0 saturated heterocycles. The molecule has 0 bridgehead atoms. The molecular weight excluding hydrogens is 500 g/mol. The Bertz CT molecular complexity index is 1210. The number of nitrogens with zero attached hydrogens (tertiary/aromatic N) is 2. The van der Waals surface area contributed by atoms with Crippen LogP contribution in [0.4, 0.5) is 4.79 Å². The van der Waals surface area contributed by atoms with Crippen LogP contribution < -0.4 is 10.6 Å². The first-order valence-electron chi connectivity index (χ1n) is 13.0. The molecule has 1 heterocycles. The van der Waals surface area contributed by atoms with Gasteiger partial charge < -0.3 is 29.8 Å². The Labute approximate surface area is 228 Å². The van der Waals surface area contributed by atoms with Gasteiger partial charge in [0.05, 0.1) is 6.54 Å². The highest BCUT2D eigenvalue weighted by atomic mass is 16.5. The van der Waals surface area contributed by atoms with E-state index in [-0.39, 0.29) is 37.1 Å². The number of nitrogens with one attached hydrogen (secondary N) is 2. The maximum absolute atomic E-state index is 13.1. The number of carbonyl (C=O) groups excluding carboxylic acids is 3. The Morgan fingerprint density at radius 1 is 1.08 bits per heavy atom. The zero-order chi connectivity index (χ0) is 28.0. The summed E-state index contributed by atoms with van der Waals surface area (Å²) in [6, 6.07) is 17.4. The molecule has 10 heteroatoms. The van der Waals surface area contributed by atoms with Crippen LogP contribution in [0.1, 0.15) is 58.4 Å². The second-order valence-electron chi connectivity index (χ2n) is 9.19. The molecule has 0 fully saturated rings. The van der Waals surface area contributed by atoms with Gasteiger partial charge in [-0.1, -0.05) is 60.2 Å². The van der Waals surface area contributed by atoms with E-state index in [9.17, 15) is 19.5 Å². The average Bonchev–Trinajstić information content (AvgIpc) is 3.44. The van der Waals surface area contributed by atoms with Crippen molar-refractivity contribution in [3.05, 3.63) is 89.1 Å². The summed E-state index contributed by atoms with van der Waals surface area (Å²) in [7, 11) is 1.47. The number of rotatable bonds is 14. The quantitative estimate of drug-likeness (QED) is 0.268. The second kappa shape index (κ2) is 15.3. The molecule has 0 saturated carbocycles. The first-order chi connectivity index (χ1) is 18.9. The van der Waals surface area contributed by atoms with Gasteiger partial charge in [-0.3, -0.25) is 9.59 Å². The highest BCUT2D eigenvalue weighted by Crippen LogP contribution is 2.16. The minimum Gasteiger partial charge on any atom is -0.445 e. The molecule has 208 valence electrons. The summed E-state index contributed by atoms with van der Waals surface area (Å²) >= 11 is 0. The summed E-state index contributed by atoms with van der Waals surface area (Å²) in [6.07, 6.45) is 1.49. The van der Waals surface area contributed by atoms with Crippen molar-refractivity contribution in [3.8, 4) is 0 Å². The van der Waals surface area contributed by atoms with Gasteiger partial charge in [0.1, 0.15) is 19.0 Å². The number of amides is 3. The van der Waals surface area contributed by atoms with Gasteiger partial charge in [-0.25, -0.2) is 9.78 Å². The van der Waals surface area contributed by atoms with Crippen molar-refractivity contribution < 1.29 is 28.6 Å². The molecule has 1 aromatic heterocycles. The van der Waals surface area contributed by atoms with Crippen LogP contribution in [0.3, 0.4) is 0 Å². The molecule has 0 aliphatic rings. The Balaban J connectivity index is 1.49. The smallest absolute Gasteiger partial charge is 0.407 e. The first kappa shape index (κ1) is 29.4. The summed E-state index contributed by atoms with van der Waals surface area (Å²) in [5, 5.41) is 15.9. The van der Waals surface area contributed by atoms with Crippen LogP contribution in [0.2, 0.25) is 0 Å². The number of alkyl carbamates (subject to hydrolysis) is 1. The van der Waals surface area contributed by atoms with Crippen molar-refractivity contribution in [1.82, 2.24) is 20.5 Å². The van der Waals surface area contributed by atoms with E-state index in [1.807, 2.05) is 55.5 Å². The predicted molar refractivity (Wildman–Crippen MR) is 145 cm³/mol. The van der Waals surface area contributed by atoms with E-state index in [1.165, 1.54) is 13.3 Å². The molecular formula is C29H36N4O6. The zero-order valence-electron chi connectivity index (χ0n) is 22.4. The van der Waals surface area contributed by atoms with E-state index < -0.39 is 18.1 Å². The van der Waals surface area contributed by atoms with E-state index in [0.717, 1.165) is 16.7 Å².